The van der Waals surface area contributed by atoms with Gasteiger partial charge in [0.05, 0.1) is 11.8 Å². The predicted octanol–water partition coefficient (Wildman–Crippen LogP) is 3.34. The maximum atomic E-state index is 13.6. The number of pyridine rings is 1. The molecule has 1 saturated heterocycles. The summed E-state index contributed by atoms with van der Waals surface area (Å²) < 4.78 is 45.3. The van der Waals surface area contributed by atoms with Crippen LogP contribution in [0.1, 0.15) is 23.2 Å². The van der Waals surface area contributed by atoms with Crippen LogP contribution in [0, 0.1) is 17.5 Å². The lowest BCUT2D eigenvalue weighted by Gasteiger charge is -2.12. The Labute approximate surface area is 142 Å². The second kappa shape index (κ2) is 7.52. The molecular formula is C17H16F3N3O2. The number of ether oxygens (including phenoxy) is 1. The molecule has 3 rings (SSSR count). The molecule has 2 heterocycles. The molecule has 0 aliphatic carbocycles. The van der Waals surface area contributed by atoms with Gasteiger partial charge in [0.1, 0.15) is 5.82 Å². The van der Waals surface area contributed by atoms with Crippen molar-refractivity contribution in [3.8, 4) is 0 Å². The molecule has 1 amide bonds. The number of benzene rings is 1. The van der Waals surface area contributed by atoms with Crippen LogP contribution >= 0.6 is 0 Å². The highest BCUT2D eigenvalue weighted by Crippen LogP contribution is 2.21. The highest BCUT2D eigenvalue weighted by molar-refractivity contribution is 6.04. The Morgan fingerprint density at radius 1 is 1.24 bits per heavy atom. The highest BCUT2D eigenvalue weighted by atomic mass is 19.2. The van der Waals surface area contributed by atoms with Crippen molar-refractivity contribution in [2.24, 2.45) is 0 Å². The zero-order valence-corrected chi connectivity index (χ0v) is 13.2. The molecule has 0 spiro atoms. The van der Waals surface area contributed by atoms with Crippen molar-refractivity contribution in [1.29, 1.82) is 0 Å². The number of anilines is 2. The van der Waals surface area contributed by atoms with Gasteiger partial charge in [0.15, 0.2) is 17.5 Å². The molecule has 0 saturated carbocycles. The molecule has 1 fully saturated rings. The van der Waals surface area contributed by atoms with Crippen LogP contribution in [0.4, 0.5) is 24.7 Å². The van der Waals surface area contributed by atoms with E-state index in [2.05, 4.69) is 15.6 Å². The Balaban J connectivity index is 1.67. The van der Waals surface area contributed by atoms with Crippen LogP contribution in [-0.2, 0) is 4.74 Å². The van der Waals surface area contributed by atoms with E-state index in [1.807, 2.05) is 0 Å². The fourth-order valence-corrected chi connectivity index (χ4v) is 2.51. The van der Waals surface area contributed by atoms with Crippen molar-refractivity contribution < 1.29 is 22.7 Å². The molecule has 1 aliphatic rings. The molecular weight excluding hydrogens is 335 g/mol. The van der Waals surface area contributed by atoms with Crippen molar-refractivity contribution in [2.45, 2.75) is 18.9 Å². The molecule has 1 atom stereocenters. The topological polar surface area (TPSA) is 63.2 Å². The molecule has 0 bridgehead atoms. The van der Waals surface area contributed by atoms with Crippen LogP contribution in [0.2, 0.25) is 0 Å². The number of hydrogen-bond donors (Lipinski definition) is 2. The number of amides is 1. The first-order valence-corrected chi connectivity index (χ1v) is 7.81. The first-order valence-electron chi connectivity index (χ1n) is 7.81. The summed E-state index contributed by atoms with van der Waals surface area (Å²) in [7, 11) is 0. The van der Waals surface area contributed by atoms with E-state index in [-0.39, 0.29) is 11.7 Å². The molecule has 132 valence electrons. The molecule has 1 aromatic carbocycles. The van der Waals surface area contributed by atoms with Gasteiger partial charge in [-0.05, 0) is 37.1 Å². The van der Waals surface area contributed by atoms with Gasteiger partial charge >= 0.3 is 0 Å². The maximum Gasteiger partial charge on any atom is 0.255 e. The largest absolute Gasteiger partial charge is 0.376 e. The van der Waals surface area contributed by atoms with Gasteiger partial charge in [0.2, 0.25) is 0 Å². The smallest absolute Gasteiger partial charge is 0.255 e. The zero-order chi connectivity index (χ0) is 17.8. The molecule has 1 aliphatic heterocycles. The normalized spacial score (nSPS) is 16.7. The van der Waals surface area contributed by atoms with Gasteiger partial charge in [-0.25, -0.2) is 18.2 Å². The Hall–Kier alpha value is -2.61. The van der Waals surface area contributed by atoms with Gasteiger partial charge in [-0.2, -0.15) is 0 Å². The minimum atomic E-state index is -1.63. The summed E-state index contributed by atoms with van der Waals surface area (Å²) in [6, 6.07) is 4.63. The average molecular weight is 351 g/mol. The Bertz CT molecular complexity index is 780. The third kappa shape index (κ3) is 4.08. The number of nitrogens with one attached hydrogen (secondary N) is 2. The maximum absolute atomic E-state index is 13.6. The summed E-state index contributed by atoms with van der Waals surface area (Å²) in [5, 5.41) is 5.29. The predicted molar refractivity (Wildman–Crippen MR) is 86.0 cm³/mol. The summed E-state index contributed by atoms with van der Waals surface area (Å²) in [6.07, 6.45) is 3.51. The lowest BCUT2D eigenvalue weighted by molar-refractivity contribution is 0.102. The Morgan fingerprint density at radius 3 is 2.84 bits per heavy atom. The number of carbonyl (C=O) groups excluding carboxylic acids is 1. The molecule has 2 N–H and O–H groups in total. The van der Waals surface area contributed by atoms with Crippen molar-refractivity contribution in [3.05, 3.63) is 53.5 Å². The molecule has 1 unspecified atom stereocenters. The SMILES string of the molecule is O=C(Nc1ccc(F)c(F)c1F)c1ccnc(NCC2CCCO2)c1. The monoisotopic (exact) mass is 351 g/mol. The number of nitrogens with zero attached hydrogens (tertiary/aromatic N) is 1. The summed E-state index contributed by atoms with van der Waals surface area (Å²) in [4.78, 5) is 16.3. The first kappa shape index (κ1) is 17.2. The van der Waals surface area contributed by atoms with Crippen LogP contribution in [0.25, 0.3) is 0 Å². The van der Waals surface area contributed by atoms with E-state index in [0.29, 0.717) is 12.4 Å². The first-order chi connectivity index (χ1) is 12.0. The van der Waals surface area contributed by atoms with E-state index in [1.54, 1.807) is 0 Å². The van der Waals surface area contributed by atoms with Gasteiger partial charge in [0.25, 0.3) is 5.91 Å². The molecule has 5 nitrogen and oxygen atoms in total. The second-order valence-corrected chi connectivity index (χ2v) is 5.62. The number of halogens is 3. The van der Waals surface area contributed by atoms with E-state index in [4.69, 9.17) is 4.74 Å². The summed E-state index contributed by atoms with van der Waals surface area (Å²) in [5.41, 5.74) is -0.233. The fraction of sp³-hybridized carbons (Fsp3) is 0.294. The molecule has 8 heteroatoms. The molecule has 2 aromatic rings. The Kier molecular flexibility index (Phi) is 5.18. The number of carbonyl (C=O) groups is 1. The van der Waals surface area contributed by atoms with Crippen molar-refractivity contribution >= 4 is 17.4 Å². The summed E-state index contributed by atoms with van der Waals surface area (Å²) in [5.74, 6) is -4.59. The molecule has 25 heavy (non-hydrogen) atoms. The van der Waals surface area contributed by atoms with Crippen LogP contribution in [-0.4, -0.2) is 30.1 Å². The number of hydrogen-bond acceptors (Lipinski definition) is 4. The Morgan fingerprint density at radius 2 is 2.08 bits per heavy atom. The average Bonchev–Trinajstić information content (AvgIpc) is 3.14. The van der Waals surface area contributed by atoms with Crippen LogP contribution < -0.4 is 10.6 Å². The van der Waals surface area contributed by atoms with Gasteiger partial charge in [-0.15, -0.1) is 0 Å². The standard InChI is InChI=1S/C17H16F3N3O2/c18-12-3-4-13(16(20)15(12)19)23-17(24)10-5-6-21-14(8-10)22-9-11-2-1-7-25-11/h3-6,8,11H,1-2,7,9H2,(H,21,22)(H,23,24). The van der Waals surface area contributed by atoms with E-state index in [9.17, 15) is 18.0 Å². The van der Waals surface area contributed by atoms with E-state index >= 15 is 0 Å². The quantitative estimate of drug-likeness (QED) is 0.811. The fourth-order valence-electron chi connectivity index (χ4n) is 2.51. The van der Waals surface area contributed by atoms with Crippen LogP contribution in [0.3, 0.4) is 0 Å². The van der Waals surface area contributed by atoms with Crippen LogP contribution in [0.15, 0.2) is 30.5 Å². The van der Waals surface area contributed by atoms with E-state index in [1.165, 1.54) is 18.3 Å². The van der Waals surface area contributed by atoms with E-state index < -0.39 is 29.0 Å². The lowest BCUT2D eigenvalue weighted by Crippen LogP contribution is -2.19. The van der Waals surface area contributed by atoms with Gasteiger partial charge in [-0.1, -0.05) is 0 Å². The highest BCUT2D eigenvalue weighted by Gasteiger charge is 2.17. The molecule has 1 aromatic heterocycles. The second-order valence-electron chi connectivity index (χ2n) is 5.62. The lowest BCUT2D eigenvalue weighted by atomic mass is 10.2. The zero-order valence-electron chi connectivity index (χ0n) is 13.2. The van der Waals surface area contributed by atoms with Crippen molar-refractivity contribution in [1.82, 2.24) is 4.98 Å². The van der Waals surface area contributed by atoms with Crippen LogP contribution in [0.5, 0.6) is 0 Å². The summed E-state index contributed by atoms with van der Waals surface area (Å²) in [6.45, 7) is 1.30. The van der Waals surface area contributed by atoms with Gasteiger partial charge in [0, 0.05) is 24.9 Å². The molecule has 0 radical (unpaired) electrons. The van der Waals surface area contributed by atoms with Crippen molar-refractivity contribution in [2.75, 3.05) is 23.8 Å². The summed E-state index contributed by atoms with van der Waals surface area (Å²) >= 11 is 0. The minimum Gasteiger partial charge on any atom is -0.376 e. The van der Waals surface area contributed by atoms with Gasteiger partial charge in [-0.3, -0.25) is 4.79 Å². The van der Waals surface area contributed by atoms with Gasteiger partial charge < -0.3 is 15.4 Å². The number of aromatic nitrogens is 1. The minimum absolute atomic E-state index is 0.107. The third-order valence-electron chi connectivity index (χ3n) is 3.84. The number of rotatable bonds is 5. The van der Waals surface area contributed by atoms with Crippen molar-refractivity contribution in [3.63, 3.8) is 0 Å². The van der Waals surface area contributed by atoms with E-state index in [0.717, 1.165) is 31.6 Å². The third-order valence-corrected chi connectivity index (χ3v) is 3.84.